The highest BCUT2D eigenvalue weighted by atomic mass is 16.5. The van der Waals surface area contributed by atoms with Gasteiger partial charge in [0.05, 0.1) is 25.2 Å². The van der Waals surface area contributed by atoms with Crippen LogP contribution in [0.3, 0.4) is 0 Å². The van der Waals surface area contributed by atoms with Crippen LogP contribution in [0.2, 0.25) is 0 Å². The zero-order valence-corrected chi connectivity index (χ0v) is 13.3. The summed E-state index contributed by atoms with van der Waals surface area (Å²) in [7, 11) is 1.50. The van der Waals surface area contributed by atoms with Gasteiger partial charge in [-0.2, -0.15) is 0 Å². The molecule has 0 bridgehead atoms. The predicted octanol–water partition coefficient (Wildman–Crippen LogP) is 2.01. The van der Waals surface area contributed by atoms with E-state index in [0.29, 0.717) is 25.1 Å². The van der Waals surface area contributed by atoms with Crippen LogP contribution in [0.15, 0.2) is 18.2 Å². The van der Waals surface area contributed by atoms with Gasteiger partial charge in [0.2, 0.25) is 5.91 Å². The molecule has 0 radical (unpaired) electrons. The van der Waals surface area contributed by atoms with E-state index in [1.807, 2.05) is 0 Å². The fraction of sp³-hybridized carbons (Fsp3) is 0.529. The van der Waals surface area contributed by atoms with Gasteiger partial charge < -0.3 is 19.9 Å². The van der Waals surface area contributed by atoms with Crippen LogP contribution in [0.25, 0.3) is 0 Å². The molecule has 1 saturated heterocycles. The third-order valence-electron chi connectivity index (χ3n) is 3.94. The van der Waals surface area contributed by atoms with Crippen LogP contribution >= 0.6 is 0 Å². The molecule has 0 saturated carbocycles. The Bertz CT molecular complexity index is 552. The van der Waals surface area contributed by atoms with Gasteiger partial charge in [-0.1, -0.05) is 6.07 Å². The molecule has 2 N–H and O–H groups in total. The summed E-state index contributed by atoms with van der Waals surface area (Å²) in [5.74, 6) is -0.483. The number of nitrogens with one attached hydrogen (secondary N) is 1. The van der Waals surface area contributed by atoms with Crippen molar-refractivity contribution in [3.8, 4) is 5.75 Å². The number of ether oxygens (including phenoxy) is 2. The Kier molecular flexibility index (Phi) is 6.40. The SMILES string of the molecule is COc1cc(C(=O)O)ccc1CCNC(=O)CC1CCCCO1. The highest BCUT2D eigenvalue weighted by molar-refractivity contribution is 5.88. The highest BCUT2D eigenvalue weighted by Gasteiger charge is 2.17. The minimum absolute atomic E-state index is 0.0157. The summed E-state index contributed by atoms with van der Waals surface area (Å²) in [5.41, 5.74) is 1.05. The Morgan fingerprint density at radius 1 is 1.39 bits per heavy atom. The van der Waals surface area contributed by atoms with Gasteiger partial charge in [0.15, 0.2) is 0 Å². The first-order valence-electron chi connectivity index (χ1n) is 7.88. The second-order valence-corrected chi connectivity index (χ2v) is 5.62. The molecule has 1 unspecified atom stereocenters. The summed E-state index contributed by atoms with van der Waals surface area (Å²) in [6.07, 6.45) is 4.15. The molecule has 6 heteroatoms. The monoisotopic (exact) mass is 321 g/mol. The standard InChI is InChI=1S/C17H23NO5/c1-22-15-10-13(17(20)21)6-5-12(15)7-8-18-16(19)11-14-4-2-3-9-23-14/h5-6,10,14H,2-4,7-9,11H2,1H3,(H,18,19)(H,20,21). The lowest BCUT2D eigenvalue weighted by Crippen LogP contribution is -2.31. The second-order valence-electron chi connectivity index (χ2n) is 5.62. The molecule has 1 aliphatic rings. The summed E-state index contributed by atoms with van der Waals surface area (Å²) in [6, 6.07) is 4.76. The lowest BCUT2D eigenvalue weighted by atomic mass is 10.1. The number of amides is 1. The zero-order valence-electron chi connectivity index (χ0n) is 13.3. The molecule has 0 spiro atoms. The lowest BCUT2D eigenvalue weighted by Gasteiger charge is -2.22. The normalized spacial score (nSPS) is 17.5. The van der Waals surface area contributed by atoms with Crippen molar-refractivity contribution in [2.24, 2.45) is 0 Å². The minimum Gasteiger partial charge on any atom is -0.496 e. The molecule has 1 aromatic carbocycles. The average Bonchev–Trinajstić information content (AvgIpc) is 2.55. The van der Waals surface area contributed by atoms with E-state index >= 15 is 0 Å². The van der Waals surface area contributed by atoms with E-state index in [4.69, 9.17) is 14.6 Å². The number of aromatic carboxylic acids is 1. The molecule has 1 atom stereocenters. The van der Waals surface area contributed by atoms with Crippen molar-refractivity contribution in [2.75, 3.05) is 20.3 Å². The van der Waals surface area contributed by atoms with Crippen molar-refractivity contribution < 1.29 is 24.2 Å². The van der Waals surface area contributed by atoms with E-state index in [-0.39, 0.29) is 17.6 Å². The van der Waals surface area contributed by atoms with Crippen LogP contribution < -0.4 is 10.1 Å². The van der Waals surface area contributed by atoms with Gasteiger partial charge in [-0.3, -0.25) is 4.79 Å². The maximum absolute atomic E-state index is 11.9. The van der Waals surface area contributed by atoms with Crippen molar-refractivity contribution in [3.05, 3.63) is 29.3 Å². The molecule has 126 valence electrons. The number of carbonyl (C=O) groups is 2. The van der Waals surface area contributed by atoms with Gasteiger partial charge in [-0.05, 0) is 43.4 Å². The van der Waals surface area contributed by atoms with E-state index in [1.165, 1.54) is 19.2 Å². The number of carboxylic acids is 1. The smallest absolute Gasteiger partial charge is 0.335 e. The molecule has 2 rings (SSSR count). The molecule has 6 nitrogen and oxygen atoms in total. The van der Waals surface area contributed by atoms with Crippen LogP contribution in [0.4, 0.5) is 0 Å². The zero-order chi connectivity index (χ0) is 16.7. The van der Waals surface area contributed by atoms with Crippen LogP contribution in [0.1, 0.15) is 41.6 Å². The minimum atomic E-state index is -0.990. The summed E-state index contributed by atoms with van der Waals surface area (Å²) < 4.78 is 10.8. The van der Waals surface area contributed by atoms with Crippen molar-refractivity contribution in [1.82, 2.24) is 5.32 Å². The van der Waals surface area contributed by atoms with Crippen molar-refractivity contribution in [1.29, 1.82) is 0 Å². The van der Waals surface area contributed by atoms with E-state index in [0.717, 1.165) is 31.4 Å². The molecule has 0 aromatic heterocycles. The summed E-state index contributed by atoms with van der Waals surface area (Å²) >= 11 is 0. The molecule has 1 amide bonds. The third kappa shape index (κ3) is 5.25. The van der Waals surface area contributed by atoms with Crippen LogP contribution in [-0.4, -0.2) is 43.3 Å². The summed E-state index contributed by atoms with van der Waals surface area (Å²) in [5, 5.41) is 11.9. The number of carbonyl (C=O) groups excluding carboxylic acids is 1. The Morgan fingerprint density at radius 2 is 2.22 bits per heavy atom. The first kappa shape index (κ1) is 17.3. The second kappa shape index (κ2) is 8.53. The summed E-state index contributed by atoms with van der Waals surface area (Å²) in [4.78, 5) is 22.8. The van der Waals surface area contributed by atoms with Crippen LogP contribution in [-0.2, 0) is 16.0 Å². The van der Waals surface area contributed by atoms with Crippen molar-refractivity contribution in [3.63, 3.8) is 0 Å². The number of benzene rings is 1. The molecule has 1 aliphatic heterocycles. The fourth-order valence-electron chi connectivity index (χ4n) is 2.67. The van der Waals surface area contributed by atoms with Gasteiger partial charge >= 0.3 is 5.97 Å². The molecule has 23 heavy (non-hydrogen) atoms. The number of rotatable bonds is 7. The quantitative estimate of drug-likeness (QED) is 0.802. The number of hydrogen-bond donors (Lipinski definition) is 2. The molecule has 1 fully saturated rings. The van der Waals surface area contributed by atoms with Crippen LogP contribution in [0.5, 0.6) is 5.75 Å². The van der Waals surface area contributed by atoms with Gasteiger partial charge in [0.1, 0.15) is 5.75 Å². The Morgan fingerprint density at radius 3 is 2.87 bits per heavy atom. The lowest BCUT2D eigenvalue weighted by molar-refractivity contribution is -0.124. The predicted molar refractivity (Wildman–Crippen MR) is 84.9 cm³/mol. The first-order valence-corrected chi connectivity index (χ1v) is 7.88. The van der Waals surface area contributed by atoms with Gasteiger partial charge in [-0.15, -0.1) is 0 Å². The molecule has 1 heterocycles. The molecular formula is C17H23NO5. The van der Waals surface area contributed by atoms with E-state index < -0.39 is 5.97 Å². The number of hydrogen-bond acceptors (Lipinski definition) is 4. The summed E-state index contributed by atoms with van der Waals surface area (Å²) in [6.45, 7) is 1.22. The van der Waals surface area contributed by atoms with E-state index in [2.05, 4.69) is 5.32 Å². The molecule has 0 aliphatic carbocycles. The maximum Gasteiger partial charge on any atom is 0.335 e. The molecule has 1 aromatic rings. The third-order valence-corrected chi connectivity index (χ3v) is 3.94. The maximum atomic E-state index is 11.9. The average molecular weight is 321 g/mol. The van der Waals surface area contributed by atoms with Gasteiger partial charge in [0.25, 0.3) is 0 Å². The fourth-order valence-corrected chi connectivity index (χ4v) is 2.67. The Hall–Kier alpha value is -2.08. The van der Waals surface area contributed by atoms with E-state index in [9.17, 15) is 9.59 Å². The first-order chi connectivity index (χ1) is 11.1. The van der Waals surface area contributed by atoms with E-state index in [1.54, 1.807) is 6.07 Å². The van der Waals surface area contributed by atoms with Crippen molar-refractivity contribution >= 4 is 11.9 Å². The molecular weight excluding hydrogens is 298 g/mol. The Labute approximate surface area is 135 Å². The van der Waals surface area contributed by atoms with Crippen molar-refractivity contribution in [2.45, 2.75) is 38.2 Å². The Balaban J connectivity index is 1.81. The number of methoxy groups -OCH3 is 1. The van der Waals surface area contributed by atoms with Crippen LogP contribution in [0, 0.1) is 0 Å². The van der Waals surface area contributed by atoms with Gasteiger partial charge in [0, 0.05) is 13.2 Å². The van der Waals surface area contributed by atoms with Gasteiger partial charge in [-0.25, -0.2) is 4.79 Å². The topological polar surface area (TPSA) is 84.9 Å². The number of carboxylic acid groups (broad SMARTS) is 1. The largest absolute Gasteiger partial charge is 0.496 e. The highest BCUT2D eigenvalue weighted by Crippen LogP contribution is 2.21.